The average Bonchev–Trinajstić information content (AvgIpc) is 2.42. The van der Waals surface area contributed by atoms with Gasteiger partial charge in [-0.3, -0.25) is 10.1 Å². The number of nitro groups is 1. The van der Waals surface area contributed by atoms with E-state index in [4.69, 9.17) is 21.4 Å². The van der Waals surface area contributed by atoms with E-state index in [-0.39, 0.29) is 23.1 Å². The highest BCUT2D eigenvalue weighted by atomic mass is 79.9. The van der Waals surface area contributed by atoms with Crippen LogP contribution in [0, 0.1) is 17.0 Å². The monoisotopic (exact) mass is 371 g/mol. The molecule has 0 aliphatic heterocycles. The summed E-state index contributed by atoms with van der Waals surface area (Å²) in [7, 11) is 0. The van der Waals surface area contributed by atoms with Gasteiger partial charge in [0.15, 0.2) is 0 Å². The van der Waals surface area contributed by atoms with Crippen molar-refractivity contribution in [3.63, 3.8) is 0 Å². The maximum absolute atomic E-state index is 11.1. The molecule has 0 unspecified atom stereocenters. The number of aliphatic hydroxyl groups excluding tert-OH is 1. The van der Waals surface area contributed by atoms with Crippen molar-refractivity contribution in [3.8, 4) is 11.5 Å². The normalized spacial score (nSPS) is 10.5. The van der Waals surface area contributed by atoms with Gasteiger partial charge in [0.25, 0.3) is 0 Å². The third-order valence-electron chi connectivity index (χ3n) is 2.81. The van der Waals surface area contributed by atoms with Gasteiger partial charge in [-0.1, -0.05) is 33.6 Å². The SMILES string of the molecule is Cc1cc(Br)cc([N+](=O)[O-])c1Oc1ccc(CO)cc1Cl. The molecule has 0 saturated carbocycles. The summed E-state index contributed by atoms with van der Waals surface area (Å²) in [5.41, 5.74) is 1.09. The molecule has 0 bridgehead atoms. The first-order valence-electron chi connectivity index (χ1n) is 5.94. The number of hydrogen-bond acceptors (Lipinski definition) is 4. The van der Waals surface area contributed by atoms with Crippen molar-refractivity contribution in [1.29, 1.82) is 0 Å². The van der Waals surface area contributed by atoms with Crippen LogP contribution in [0.5, 0.6) is 11.5 Å². The molecule has 2 aromatic carbocycles. The summed E-state index contributed by atoms with van der Waals surface area (Å²) in [6.07, 6.45) is 0. The van der Waals surface area contributed by atoms with E-state index in [2.05, 4.69) is 15.9 Å². The molecule has 21 heavy (non-hydrogen) atoms. The Morgan fingerprint density at radius 3 is 2.67 bits per heavy atom. The molecule has 0 aliphatic rings. The summed E-state index contributed by atoms with van der Waals surface area (Å²) < 4.78 is 6.21. The van der Waals surface area contributed by atoms with Crippen LogP contribution in [0.25, 0.3) is 0 Å². The molecule has 110 valence electrons. The number of hydrogen-bond donors (Lipinski definition) is 1. The summed E-state index contributed by atoms with van der Waals surface area (Å²) in [6, 6.07) is 7.86. The van der Waals surface area contributed by atoms with Gasteiger partial charge < -0.3 is 9.84 Å². The molecular formula is C14H11BrClNO4. The van der Waals surface area contributed by atoms with Crippen molar-refractivity contribution in [1.82, 2.24) is 0 Å². The van der Waals surface area contributed by atoms with Crippen LogP contribution in [-0.2, 0) is 6.61 Å². The number of benzene rings is 2. The van der Waals surface area contributed by atoms with Crippen molar-refractivity contribution < 1.29 is 14.8 Å². The third-order valence-corrected chi connectivity index (χ3v) is 3.56. The van der Waals surface area contributed by atoms with Gasteiger partial charge >= 0.3 is 5.69 Å². The molecule has 0 aromatic heterocycles. The first-order chi connectivity index (χ1) is 9.92. The summed E-state index contributed by atoms with van der Waals surface area (Å²) in [5, 5.41) is 20.5. The molecule has 0 radical (unpaired) electrons. The number of nitro benzene ring substituents is 1. The van der Waals surface area contributed by atoms with E-state index in [1.165, 1.54) is 6.07 Å². The fraction of sp³-hybridized carbons (Fsp3) is 0.143. The molecule has 2 aromatic rings. The van der Waals surface area contributed by atoms with Crippen molar-refractivity contribution in [3.05, 3.63) is 61.1 Å². The van der Waals surface area contributed by atoms with E-state index < -0.39 is 4.92 Å². The fourth-order valence-electron chi connectivity index (χ4n) is 1.82. The van der Waals surface area contributed by atoms with Gasteiger partial charge in [-0.2, -0.15) is 0 Å². The number of aryl methyl sites for hydroxylation is 1. The Kier molecular flexibility index (Phi) is 4.82. The molecule has 1 N–H and O–H groups in total. The predicted molar refractivity (Wildman–Crippen MR) is 83.0 cm³/mol. The van der Waals surface area contributed by atoms with Gasteiger partial charge in [-0.15, -0.1) is 0 Å². The lowest BCUT2D eigenvalue weighted by molar-refractivity contribution is -0.385. The van der Waals surface area contributed by atoms with Crippen LogP contribution in [0.3, 0.4) is 0 Å². The number of nitrogens with zero attached hydrogens (tertiary/aromatic N) is 1. The van der Waals surface area contributed by atoms with Gasteiger partial charge in [0.1, 0.15) is 5.75 Å². The minimum Gasteiger partial charge on any atom is -0.448 e. The number of aliphatic hydroxyl groups is 1. The Morgan fingerprint density at radius 1 is 1.38 bits per heavy atom. The Labute approximate surface area is 134 Å². The maximum Gasteiger partial charge on any atom is 0.312 e. The van der Waals surface area contributed by atoms with E-state index >= 15 is 0 Å². The van der Waals surface area contributed by atoms with E-state index in [1.807, 2.05) is 0 Å². The number of halogens is 2. The first-order valence-corrected chi connectivity index (χ1v) is 7.11. The largest absolute Gasteiger partial charge is 0.448 e. The lowest BCUT2D eigenvalue weighted by Gasteiger charge is -2.11. The van der Waals surface area contributed by atoms with Gasteiger partial charge in [0.05, 0.1) is 16.6 Å². The maximum atomic E-state index is 11.1. The second-order valence-corrected chi connectivity index (χ2v) is 5.68. The fourth-order valence-corrected chi connectivity index (χ4v) is 2.62. The van der Waals surface area contributed by atoms with E-state index in [9.17, 15) is 10.1 Å². The summed E-state index contributed by atoms with van der Waals surface area (Å²) in [5.74, 6) is 0.434. The summed E-state index contributed by atoms with van der Waals surface area (Å²) >= 11 is 9.28. The van der Waals surface area contributed by atoms with Gasteiger partial charge in [-0.05, 0) is 36.2 Å². The first kappa shape index (κ1) is 15.8. The molecule has 0 amide bonds. The summed E-state index contributed by atoms with van der Waals surface area (Å²) in [4.78, 5) is 10.6. The van der Waals surface area contributed by atoms with Crippen LogP contribution in [0.1, 0.15) is 11.1 Å². The van der Waals surface area contributed by atoms with Crippen LogP contribution in [0.15, 0.2) is 34.8 Å². The zero-order valence-corrected chi connectivity index (χ0v) is 13.3. The highest BCUT2D eigenvalue weighted by Gasteiger charge is 2.20. The highest BCUT2D eigenvalue weighted by molar-refractivity contribution is 9.10. The van der Waals surface area contributed by atoms with Crippen molar-refractivity contribution in [2.45, 2.75) is 13.5 Å². The molecule has 2 rings (SSSR count). The third kappa shape index (κ3) is 3.53. The van der Waals surface area contributed by atoms with Crippen molar-refractivity contribution in [2.75, 3.05) is 0 Å². The topological polar surface area (TPSA) is 72.6 Å². The molecular weight excluding hydrogens is 362 g/mol. The molecule has 0 saturated heterocycles. The van der Waals surface area contributed by atoms with Crippen LogP contribution >= 0.6 is 27.5 Å². The van der Waals surface area contributed by atoms with Crippen LogP contribution in [0.4, 0.5) is 5.69 Å². The Hall–Kier alpha value is -1.63. The average molecular weight is 373 g/mol. The van der Waals surface area contributed by atoms with E-state index in [0.29, 0.717) is 21.3 Å². The van der Waals surface area contributed by atoms with Crippen LogP contribution in [-0.4, -0.2) is 10.0 Å². The standard InChI is InChI=1S/C14H11BrClNO4/c1-8-4-10(15)6-12(17(19)20)14(8)21-13-3-2-9(7-18)5-11(13)16/h2-6,18H,7H2,1H3. The molecule has 0 heterocycles. The van der Waals surface area contributed by atoms with Gasteiger partial charge in [0, 0.05) is 10.5 Å². The lowest BCUT2D eigenvalue weighted by Crippen LogP contribution is -1.97. The van der Waals surface area contributed by atoms with Gasteiger partial charge in [-0.25, -0.2) is 0 Å². The predicted octanol–water partition coefficient (Wildman–Crippen LogP) is 4.60. The molecule has 7 heteroatoms. The van der Waals surface area contributed by atoms with Crippen LogP contribution in [0.2, 0.25) is 5.02 Å². The number of rotatable bonds is 4. The highest BCUT2D eigenvalue weighted by Crippen LogP contribution is 2.39. The van der Waals surface area contributed by atoms with E-state index in [0.717, 1.165) is 0 Å². The zero-order valence-electron chi connectivity index (χ0n) is 11.0. The molecule has 0 atom stereocenters. The Morgan fingerprint density at radius 2 is 2.10 bits per heavy atom. The molecule has 0 spiro atoms. The van der Waals surface area contributed by atoms with E-state index in [1.54, 1.807) is 31.2 Å². The minimum atomic E-state index is -0.511. The van der Waals surface area contributed by atoms with Crippen molar-refractivity contribution in [2.24, 2.45) is 0 Å². The molecule has 0 aliphatic carbocycles. The van der Waals surface area contributed by atoms with Crippen molar-refractivity contribution >= 4 is 33.2 Å². The zero-order chi connectivity index (χ0) is 15.6. The Balaban J connectivity index is 2.46. The van der Waals surface area contributed by atoms with Crippen LogP contribution < -0.4 is 4.74 Å². The second kappa shape index (κ2) is 6.43. The molecule has 5 nitrogen and oxygen atoms in total. The number of ether oxygens (including phenoxy) is 1. The molecule has 0 fully saturated rings. The minimum absolute atomic E-state index is 0.141. The second-order valence-electron chi connectivity index (χ2n) is 4.35. The smallest absolute Gasteiger partial charge is 0.312 e. The Bertz CT molecular complexity index is 706. The lowest BCUT2D eigenvalue weighted by atomic mass is 10.2. The quantitative estimate of drug-likeness (QED) is 0.628. The summed E-state index contributed by atoms with van der Waals surface area (Å²) in [6.45, 7) is 1.57. The van der Waals surface area contributed by atoms with Gasteiger partial charge in [0.2, 0.25) is 5.75 Å².